The van der Waals surface area contributed by atoms with Crippen LogP contribution in [0.3, 0.4) is 0 Å². The molecule has 32 heavy (non-hydrogen) atoms. The molecule has 8 heteroatoms. The number of aryl methyl sites for hydroxylation is 1. The fourth-order valence-electron chi connectivity index (χ4n) is 2.98. The molecule has 3 aromatic carbocycles. The van der Waals surface area contributed by atoms with E-state index in [0.29, 0.717) is 5.16 Å². The summed E-state index contributed by atoms with van der Waals surface area (Å²) < 4.78 is 2.87. The highest BCUT2D eigenvalue weighted by Crippen LogP contribution is 2.28. The van der Waals surface area contributed by atoms with Gasteiger partial charge in [-0.2, -0.15) is 5.10 Å². The Morgan fingerprint density at radius 2 is 1.75 bits per heavy atom. The minimum atomic E-state index is -0.224. The first kappa shape index (κ1) is 22.0. The van der Waals surface area contributed by atoms with Crippen LogP contribution in [0.1, 0.15) is 11.1 Å². The van der Waals surface area contributed by atoms with Crippen molar-refractivity contribution in [1.82, 2.24) is 20.2 Å². The van der Waals surface area contributed by atoms with Crippen LogP contribution in [0.25, 0.3) is 17.1 Å². The Balaban J connectivity index is 1.50. The number of hydrogen-bond acceptors (Lipinski definition) is 5. The van der Waals surface area contributed by atoms with Gasteiger partial charge in [-0.3, -0.25) is 9.36 Å². The summed E-state index contributed by atoms with van der Waals surface area (Å²) in [4.78, 5) is 12.3. The van der Waals surface area contributed by atoms with Crippen molar-refractivity contribution in [2.75, 3.05) is 5.75 Å². The molecule has 4 rings (SSSR count). The third kappa shape index (κ3) is 5.33. The maximum atomic E-state index is 12.3. The van der Waals surface area contributed by atoms with E-state index in [1.807, 2.05) is 90.4 Å². The van der Waals surface area contributed by atoms with E-state index >= 15 is 0 Å². The van der Waals surface area contributed by atoms with Crippen molar-refractivity contribution in [1.29, 1.82) is 0 Å². The van der Waals surface area contributed by atoms with Crippen LogP contribution in [0.15, 0.2) is 93.6 Å². The summed E-state index contributed by atoms with van der Waals surface area (Å²) in [6.45, 7) is 2.05. The van der Waals surface area contributed by atoms with E-state index < -0.39 is 0 Å². The van der Waals surface area contributed by atoms with Crippen LogP contribution in [-0.2, 0) is 4.79 Å². The first-order valence-corrected chi connectivity index (χ1v) is 11.7. The van der Waals surface area contributed by atoms with E-state index in [9.17, 15) is 4.79 Å². The van der Waals surface area contributed by atoms with Crippen LogP contribution in [0, 0.1) is 6.92 Å². The lowest BCUT2D eigenvalue weighted by Gasteiger charge is -2.10. The molecule has 0 unspecified atom stereocenters. The van der Waals surface area contributed by atoms with Crippen molar-refractivity contribution >= 4 is 39.8 Å². The zero-order valence-corrected chi connectivity index (χ0v) is 19.7. The molecule has 6 nitrogen and oxygen atoms in total. The largest absolute Gasteiger partial charge is 0.272 e. The number of carbonyl (C=O) groups excluding carboxylic acids is 1. The van der Waals surface area contributed by atoms with E-state index in [-0.39, 0.29) is 11.7 Å². The van der Waals surface area contributed by atoms with Crippen LogP contribution in [-0.4, -0.2) is 32.6 Å². The van der Waals surface area contributed by atoms with Crippen LogP contribution in [0.4, 0.5) is 0 Å². The lowest BCUT2D eigenvalue weighted by atomic mass is 10.1. The predicted octanol–water partition coefficient (Wildman–Crippen LogP) is 5.25. The molecule has 0 aliphatic heterocycles. The average molecular weight is 506 g/mol. The summed E-state index contributed by atoms with van der Waals surface area (Å²) in [5.74, 6) is 0.662. The standard InChI is InChI=1S/C24H20BrN5OS/c1-17-11-13-18(14-12-17)23-28-29-24(30(23)20-8-3-2-4-9-20)32-16-22(31)27-26-15-19-7-5-6-10-21(19)25/h2-15H,16H2,1H3,(H,27,31)/b26-15+. The van der Waals surface area contributed by atoms with E-state index in [2.05, 4.69) is 36.7 Å². The highest BCUT2D eigenvalue weighted by atomic mass is 79.9. The molecule has 4 aromatic rings. The first-order chi connectivity index (χ1) is 15.6. The molecule has 0 aliphatic carbocycles. The lowest BCUT2D eigenvalue weighted by Crippen LogP contribution is -2.20. The zero-order valence-electron chi connectivity index (χ0n) is 17.3. The van der Waals surface area contributed by atoms with Gasteiger partial charge in [0, 0.05) is 21.3 Å². The molecule has 0 saturated carbocycles. The fourth-order valence-corrected chi connectivity index (χ4v) is 4.11. The molecule has 1 heterocycles. The summed E-state index contributed by atoms with van der Waals surface area (Å²) in [5, 5.41) is 13.4. The fraction of sp³-hybridized carbons (Fsp3) is 0.0833. The van der Waals surface area contributed by atoms with Gasteiger partial charge in [0.2, 0.25) is 0 Å². The van der Waals surface area contributed by atoms with Crippen molar-refractivity contribution in [3.05, 3.63) is 94.5 Å². The van der Waals surface area contributed by atoms with Gasteiger partial charge in [-0.1, -0.05) is 93.9 Å². The molecule has 0 bridgehead atoms. The predicted molar refractivity (Wildman–Crippen MR) is 132 cm³/mol. The molecular weight excluding hydrogens is 486 g/mol. The van der Waals surface area contributed by atoms with E-state index in [1.54, 1.807) is 6.21 Å². The van der Waals surface area contributed by atoms with Crippen LogP contribution in [0.5, 0.6) is 0 Å². The summed E-state index contributed by atoms with van der Waals surface area (Å²) in [5.41, 5.74) is 6.51. The van der Waals surface area contributed by atoms with Crippen molar-refractivity contribution in [3.63, 3.8) is 0 Å². The Hall–Kier alpha value is -3.23. The maximum absolute atomic E-state index is 12.3. The van der Waals surface area contributed by atoms with Gasteiger partial charge in [0.05, 0.1) is 12.0 Å². The summed E-state index contributed by atoms with van der Waals surface area (Å²) in [6.07, 6.45) is 1.61. The van der Waals surface area contributed by atoms with Crippen molar-refractivity contribution in [2.45, 2.75) is 12.1 Å². The maximum Gasteiger partial charge on any atom is 0.250 e. The van der Waals surface area contributed by atoms with Crippen molar-refractivity contribution in [3.8, 4) is 17.1 Å². The smallest absolute Gasteiger partial charge is 0.250 e. The van der Waals surface area contributed by atoms with Gasteiger partial charge < -0.3 is 0 Å². The number of carbonyl (C=O) groups is 1. The van der Waals surface area contributed by atoms with Gasteiger partial charge in [-0.05, 0) is 25.1 Å². The number of hydrogen-bond donors (Lipinski definition) is 1. The quantitative estimate of drug-likeness (QED) is 0.211. The number of nitrogens with one attached hydrogen (secondary N) is 1. The van der Waals surface area contributed by atoms with Crippen LogP contribution < -0.4 is 5.43 Å². The third-order valence-electron chi connectivity index (χ3n) is 4.59. The Bertz CT molecular complexity index is 1240. The molecular formula is C24H20BrN5OS. The average Bonchev–Trinajstić information content (AvgIpc) is 3.24. The van der Waals surface area contributed by atoms with Gasteiger partial charge in [0.1, 0.15) is 0 Å². The van der Waals surface area contributed by atoms with Gasteiger partial charge in [-0.25, -0.2) is 5.43 Å². The molecule has 1 aromatic heterocycles. The Kier molecular flexibility index (Phi) is 7.14. The second-order valence-corrected chi connectivity index (χ2v) is 8.74. The topological polar surface area (TPSA) is 72.2 Å². The first-order valence-electron chi connectivity index (χ1n) is 9.89. The molecule has 160 valence electrons. The molecule has 1 N–H and O–H groups in total. The molecule has 0 radical (unpaired) electrons. The number of amides is 1. The number of aromatic nitrogens is 3. The van der Waals surface area contributed by atoms with Gasteiger partial charge in [-0.15, -0.1) is 10.2 Å². The number of halogens is 1. The molecule has 0 fully saturated rings. The molecule has 0 spiro atoms. The molecule has 0 aliphatic rings. The monoisotopic (exact) mass is 505 g/mol. The Labute approximate surface area is 198 Å². The zero-order chi connectivity index (χ0) is 22.3. The number of hydrazone groups is 1. The number of benzene rings is 3. The normalized spacial score (nSPS) is 11.1. The Morgan fingerprint density at radius 1 is 1.03 bits per heavy atom. The minimum absolute atomic E-state index is 0.159. The summed E-state index contributed by atoms with van der Waals surface area (Å²) in [6, 6.07) is 25.7. The third-order valence-corrected chi connectivity index (χ3v) is 6.24. The van der Waals surface area contributed by atoms with Crippen molar-refractivity contribution < 1.29 is 4.79 Å². The molecule has 0 atom stereocenters. The molecule has 0 saturated heterocycles. The minimum Gasteiger partial charge on any atom is -0.272 e. The lowest BCUT2D eigenvalue weighted by molar-refractivity contribution is -0.118. The molecule has 1 amide bonds. The second-order valence-electron chi connectivity index (χ2n) is 6.95. The van der Waals surface area contributed by atoms with Gasteiger partial charge >= 0.3 is 0 Å². The van der Waals surface area contributed by atoms with Crippen molar-refractivity contribution in [2.24, 2.45) is 5.10 Å². The van der Waals surface area contributed by atoms with E-state index in [4.69, 9.17) is 0 Å². The highest BCUT2D eigenvalue weighted by molar-refractivity contribution is 9.10. The number of thioether (sulfide) groups is 1. The number of rotatable bonds is 7. The van der Waals surface area contributed by atoms with E-state index in [1.165, 1.54) is 17.3 Å². The SMILES string of the molecule is Cc1ccc(-c2nnc(SCC(=O)N/N=C/c3ccccc3Br)n2-c2ccccc2)cc1. The Morgan fingerprint density at radius 3 is 2.50 bits per heavy atom. The second kappa shape index (κ2) is 10.4. The number of para-hydroxylation sites is 1. The summed E-state index contributed by atoms with van der Waals surface area (Å²) >= 11 is 4.77. The summed E-state index contributed by atoms with van der Waals surface area (Å²) in [7, 11) is 0. The van der Waals surface area contributed by atoms with Crippen LogP contribution >= 0.6 is 27.7 Å². The van der Waals surface area contributed by atoms with Gasteiger partial charge in [0.25, 0.3) is 5.91 Å². The van der Waals surface area contributed by atoms with Crippen LogP contribution in [0.2, 0.25) is 0 Å². The van der Waals surface area contributed by atoms with E-state index in [0.717, 1.165) is 27.1 Å². The number of nitrogens with zero attached hydrogens (tertiary/aromatic N) is 4. The van der Waals surface area contributed by atoms with Gasteiger partial charge in [0.15, 0.2) is 11.0 Å². The highest BCUT2D eigenvalue weighted by Gasteiger charge is 2.17.